The Hall–Kier alpha value is -3.67. The summed E-state index contributed by atoms with van der Waals surface area (Å²) in [6, 6.07) is 0. The number of ether oxygens (including phenoxy) is 3. The standard InChI is InChI=1S/C77H134O6/c1-4-7-10-13-16-19-22-24-26-28-30-32-34-36-37-38-39-41-42-44-46-48-50-52-55-58-61-64-67-70-76(79)82-73-74(72-81-75(78)69-66-63-60-57-54-21-18-15-12-9-6-3)83-77(80)71-68-65-62-59-56-53-51-49-47-45-43-40-35-33-31-29-27-25-23-20-17-14-11-8-5-2/h7,10,15-16,18-19,23-26,29-32,36-37,74H,4-6,8-9,11-14,17,20-22,27-28,33-35,38-73H2,1-3H3/b10-7-,18-15-,19-16-,25-23-,26-24-,31-29-,32-30-,37-36-. The molecule has 6 nitrogen and oxygen atoms in total. The van der Waals surface area contributed by atoms with E-state index in [4.69, 9.17) is 14.2 Å². The molecule has 0 saturated heterocycles. The number of unbranched alkanes of at least 4 members (excludes halogenated alkanes) is 38. The van der Waals surface area contributed by atoms with Gasteiger partial charge in [-0.15, -0.1) is 0 Å². The average Bonchev–Trinajstić information content (AvgIpc) is 3.48. The van der Waals surface area contributed by atoms with Crippen molar-refractivity contribution in [3.63, 3.8) is 0 Å². The molecule has 0 aromatic carbocycles. The maximum atomic E-state index is 13.0. The molecule has 0 bridgehead atoms. The van der Waals surface area contributed by atoms with Crippen LogP contribution in [0.25, 0.3) is 0 Å². The monoisotopic (exact) mass is 1160 g/mol. The molecule has 0 fully saturated rings. The predicted octanol–water partition coefficient (Wildman–Crippen LogP) is 24.8. The van der Waals surface area contributed by atoms with Gasteiger partial charge in [0.25, 0.3) is 0 Å². The van der Waals surface area contributed by atoms with Gasteiger partial charge < -0.3 is 14.2 Å². The van der Waals surface area contributed by atoms with Crippen LogP contribution in [0.15, 0.2) is 97.2 Å². The molecule has 0 heterocycles. The second-order valence-electron chi connectivity index (χ2n) is 23.8. The number of carbonyl (C=O) groups is 3. The summed E-state index contributed by atoms with van der Waals surface area (Å²) in [6.07, 6.45) is 95.8. The molecule has 1 atom stereocenters. The summed E-state index contributed by atoms with van der Waals surface area (Å²) in [6.45, 7) is 6.51. The van der Waals surface area contributed by atoms with Crippen molar-refractivity contribution in [3.8, 4) is 0 Å². The van der Waals surface area contributed by atoms with Gasteiger partial charge in [0.05, 0.1) is 0 Å². The van der Waals surface area contributed by atoms with Crippen LogP contribution in [0.5, 0.6) is 0 Å². The zero-order valence-corrected chi connectivity index (χ0v) is 54.9. The molecule has 0 amide bonds. The van der Waals surface area contributed by atoms with Crippen LogP contribution in [0.2, 0.25) is 0 Å². The Morgan fingerprint density at radius 3 is 0.783 bits per heavy atom. The van der Waals surface area contributed by atoms with Crippen LogP contribution >= 0.6 is 0 Å². The fourth-order valence-electron chi connectivity index (χ4n) is 10.2. The predicted molar refractivity (Wildman–Crippen MR) is 362 cm³/mol. The van der Waals surface area contributed by atoms with E-state index in [0.29, 0.717) is 19.3 Å². The highest BCUT2D eigenvalue weighted by atomic mass is 16.6. The largest absolute Gasteiger partial charge is 0.462 e. The Balaban J connectivity index is 4.21. The molecular formula is C77H134O6. The minimum absolute atomic E-state index is 0.0783. The third-order valence-electron chi connectivity index (χ3n) is 15.5. The molecule has 0 aromatic rings. The van der Waals surface area contributed by atoms with Crippen LogP contribution in [-0.2, 0) is 28.6 Å². The first-order valence-electron chi connectivity index (χ1n) is 35.7. The number of hydrogen-bond acceptors (Lipinski definition) is 6. The summed E-state index contributed by atoms with van der Waals surface area (Å²) < 4.78 is 17.0. The van der Waals surface area contributed by atoms with E-state index in [9.17, 15) is 14.4 Å². The van der Waals surface area contributed by atoms with Crippen LogP contribution in [0, 0.1) is 0 Å². The second kappa shape index (κ2) is 70.8. The Morgan fingerprint density at radius 2 is 0.482 bits per heavy atom. The molecule has 83 heavy (non-hydrogen) atoms. The zero-order chi connectivity index (χ0) is 59.9. The van der Waals surface area contributed by atoms with Gasteiger partial charge >= 0.3 is 17.9 Å². The normalized spacial score (nSPS) is 12.7. The average molecular weight is 1160 g/mol. The Kier molecular flexibility index (Phi) is 67.7. The van der Waals surface area contributed by atoms with E-state index in [1.54, 1.807) is 0 Å². The van der Waals surface area contributed by atoms with Crippen LogP contribution in [0.4, 0.5) is 0 Å². The molecule has 0 aliphatic heterocycles. The molecule has 6 heteroatoms. The summed E-state index contributed by atoms with van der Waals surface area (Å²) in [5.74, 6) is -0.875. The quantitative estimate of drug-likeness (QED) is 0.0261. The lowest BCUT2D eigenvalue weighted by Crippen LogP contribution is -2.30. The van der Waals surface area contributed by atoms with Crippen molar-refractivity contribution in [1.82, 2.24) is 0 Å². The third-order valence-corrected chi connectivity index (χ3v) is 15.5. The van der Waals surface area contributed by atoms with E-state index in [1.165, 1.54) is 212 Å². The van der Waals surface area contributed by atoms with Crippen molar-refractivity contribution in [2.45, 2.75) is 361 Å². The Bertz CT molecular complexity index is 1610. The minimum Gasteiger partial charge on any atom is -0.462 e. The summed E-state index contributed by atoms with van der Waals surface area (Å²) in [5.41, 5.74) is 0. The molecule has 0 spiro atoms. The van der Waals surface area contributed by atoms with Crippen molar-refractivity contribution < 1.29 is 28.6 Å². The number of carbonyl (C=O) groups excluding carboxylic acids is 3. The first-order valence-corrected chi connectivity index (χ1v) is 35.7. The topological polar surface area (TPSA) is 78.9 Å². The molecular weight excluding hydrogens is 1020 g/mol. The lowest BCUT2D eigenvalue weighted by molar-refractivity contribution is -0.167. The molecule has 0 N–H and O–H groups in total. The van der Waals surface area contributed by atoms with Gasteiger partial charge in [0.15, 0.2) is 6.10 Å². The van der Waals surface area contributed by atoms with Gasteiger partial charge in [-0.2, -0.15) is 0 Å². The number of allylic oxidation sites excluding steroid dienone is 16. The molecule has 0 aliphatic rings. The van der Waals surface area contributed by atoms with E-state index >= 15 is 0 Å². The Labute approximate surface area is 515 Å². The van der Waals surface area contributed by atoms with Crippen LogP contribution < -0.4 is 0 Å². The van der Waals surface area contributed by atoms with Crippen LogP contribution in [0.3, 0.4) is 0 Å². The van der Waals surface area contributed by atoms with Gasteiger partial charge in [0.2, 0.25) is 0 Å². The fourth-order valence-corrected chi connectivity index (χ4v) is 10.2. The molecule has 478 valence electrons. The second-order valence-corrected chi connectivity index (χ2v) is 23.8. The van der Waals surface area contributed by atoms with Crippen molar-refractivity contribution in [2.24, 2.45) is 0 Å². The Morgan fingerprint density at radius 1 is 0.253 bits per heavy atom. The highest BCUT2D eigenvalue weighted by Crippen LogP contribution is 2.17. The maximum Gasteiger partial charge on any atom is 0.306 e. The van der Waals surface area contributed by atoms with Gasteiger partial charge in [-0.3, -0.25) is 14.4 Å². The van der Waals surface area contributed by atoms with Crippen LogP contribution in [-0.4, -0.2) is 37.2 Å². The molecule has 0 aromatic heterocycles. The minimum atomic E-state index is -0.782. The van der Waals surface area contributed by atoms with E-state index in [-0.39, 0.29) is 31.1 Å². The highest BCUT2D eigenvalue weighted by molar-refractivity contribution is 5.71. The SMILES string of the molecule is CC/C=C\C/C=C\C/C=C\C/C=C\C/C=C\CCCCCCCCCCCCCCCC(=O)OCC(COC(=O)CCCCCCC/C=C\CCCC)OC(=O)CCCCCCCCCCCCCCC/C=C\C/C=C\CCCCCCC. The van der Waals surface area contributed by atoms with Crippen molar-refractivity contribution in [1.29, 1.82) is 0 Å². The molecule has 0 aliphatic carbocycles. The fraction of sp³-hybridized carbons (Fsp3) is 0.753. The van der Waals surface area contributed by atoms with Crippen LogP contribution in [0.1, 0.15) is 355 Å². The van der Waals surface area contributed by atoms with Gasteiger partial charge in [-0.25, -0.2) is 0 Å². The van der Waals surface area contributed by atoms with Crippen molar-refractivity contribution in [3.05, 3.63) is 97.2 Å². The molecule has 0 saturated carbocycles. The van der Waals surface area contributed by atoms with E-state index in [0.717, 1.165) is 103 Å². The zero-order valence-electron chi connectivity index (χ0n) is 54.9. The number of hydrogen-bond donors (Lipinski definition) is 0. The smallest absolute Gasteiger partial charge is 0.306 e. The van der Waals surface area contributed by atoms with Crippen molar-refractivity contribution in [2.75, 3.05) is 13.2 Å². The lowest BCUT2D eigenvalue weighted by atomic mass is 10.0. The first-order chi connectivity index (χ1) is 41.0. The van der Waals surface area contributed by atoms with Gasteiger partial charge in [-0.05, 0) is 116 Å². The van der Waals surface area contributed by atoms with Gasteiger partial charge in [0, 0.05) is 19.3 Å². The lowest BCUT2D eigenvalue weighted by Gasteiger charge is -2.18. The summed E-state index contributed by atoms with van der Waals surface area (Å²) in [7, 11) is 0. The summed E-state index contributed by atoms with van der Waals surface area (Å²) in [5, 5.41) is 0. The highest BCUT2D eigenvalue weighted by Gasteiger charge is 2.19. The number of rotatable bonds is 65. The van der Waals surface area contributed by atoms with E-state index in [1.807, 2.05) is 0 Å². The summed E-state index contributed by atoms with van der Waals surface area (Å²) in [4.78, 5) is 38.4. The van der Waals surface area contributed by atoms with Crippen molar-refractivity contribution >= 4 is 17.9 Å². The van der Waals surface area contributed by atoms with Gasteiger partial charge in [-0.1, -0.05) is 317 Å². The summed E-state index contributed by atoms with van der Waals surface area (Å²) >= 11 is 0. The van der Waals surface area contributed by atoms with E-state index < -0.39 is 6.10 Å². The first kappa shape index (κ1) is 79.3. The van der Waals surface area contributed by atoms with Gasteiger partial charge in [0.1, 0.15) is 13.2 Å². The molecule has 0 rings (SSSR count). The van der Waals surface area contributed by atoms with E-state index in [2.05, 4.69) is 118 Å². The maximum absolute atomic E-state index is 13.0. The number of esters is 3. The third kappa shape index (κ3) is 69.0. The molecule has 0 radical (unpaired) electrons. The molecule has 1 unspecified atom stereocenters.